The van der Waals surface area contributed by atoms with Crippen LogP contribution in [-0.2, 0) is 22.0 Å². The van der Waals surface area contributed by atoms with Crippen molar-refractivity contribution >= 4 is 22.6 Å². The third kappa shape index (κ3) is 4.06. The van der Waals surface area contributed by atoms with Gasteiger partial charge >= 0.3 is 0 Å². The molecule has 0 saturated carbocycles. The summed E-state index contributed by atoms with van der Waals surface area (Å²) in [5, 5.41) is 3.35. The predicted octanol–water partition coefficient (Wildman–Crippen LogP) is 2.21. The number of hydrogen-bond acceptors (Lipinski definition) is 6. The van der Waals surface area contributed by atoms with E-state index < -0.39 is 10.8 Å². The summed E-state index contributed by atoms with van der Waals surface area (Å²) in [7, 11) is 1.07. The smallest absolute Gasteiger partial charge is 0.227 e. The highest BCUT2D eigenvalue weighted by Crippen LogP contribution is 2.30. The van der Waals surface area contributed by atoms with Crippen LogP contribution in [0.1, 0.15) is 38.8 Å². The molecule has 0 amide bonds. The number of anilines is 2. The van der Waals surface area contributed by atoms with Crippen molar-refractivity contribution < 1.29 is 8.95 Å². The zero-order chi connectivity index (χ0) is 17.1. The zero-order valence-corrected chi connectivity index (χ0v) is 15.7. The van der Waals surface area contributed by atoms with Crippen LogP contribution in [0, 0.1) is 5.92 Å². The van der Waals surface area contributed by atoms with Crippen molar-refractivity contribution in [1.29, 1.82) is 0 Å². The highest BCUT2D eigenvalue weighted by atomic mass is 32.2. The normalized spacial score (nSPS) is 21.1. The summed E-state index contributed by atoms with van der Waals surface area (Å²) in [5.74, 6) is 2.88. The summed E-state index contributed by atoms with van der Waals surface area (Å²) in [5.41, 5.74) is 0.944. The number of rotatable bonds is 6. The molecule has 0 aliphatic carbocycles. The van der Waals surface area contributed by atoms with Gasteiger partial charge in [-0.1, -0.05) is 0 Å². The molecule has 0 spiro atoms. The first kappa shape index (κ1) is 17.6. The van der Waals surface area contributed by atoms with Gasteiger partial charge in [0.25, 0.3) is 0 Å². The van der Waals surface area contributed by atoms with Gasteiger partial charge in [-0.15, -0.1) is 0 Å². The van der Waals surface area contributed by atoms with Crippen molar-refractivity contribution in [2.75, 3.05) is 42.8 Å². The number of nitrogens with zero attached hydrogens (tertiary/aromatic N) is 3. The topological polar surface area (TPSA) is 67.3 Å². The van der Waals surface area contributed by atoms with Crippen LogP contribution in [0.3, 0.4) is 0 Å². The van der Waals surface area contributed by atoms with Crippen LogP contribution in [0.5, 0.6) is 0 Å². The first-order valence-electron chi connectivity index (χ1n) is 8.89. The monoisotopic (exact) mass is 352 g/mol. The minimum atomic E-state index is -0.975. The largest absolute Gasteiger partial charge is 0.381 e. The van der Waals surface area contributed by atoms with E-state index in [-0.39, 0.29) is 6.04 Å². The molecule has 1 unspecified atom stereocenters. The molecule has 1 fully saturated rings. The summed E-state index contributed by atoms with van der Waals surface area (Å²) in [6.07, 6.45) is 4.22. The Morgan fingerprint density at radius 1 is 1.33 bits per heavy atom. The molecule has 1 atom stereocenters. The number of hydrogen-bond donors (Lipinski definition) is 1. The molecule has 0 radical (unpaired) electrons. The summed E-state index contributed by atoms with van der Waals surface area (Å²) in [6.45, 7) is 6.85. The van der Waals surface area contributed by atoms with E-state index in [1.165, 1.54) is 0 Å². The Morgan fingerprint density at radius 2 is 2.08 bits per heavy atom. The Morgan fingerprint density at radius 3 is 2.79 bits per heavy atom. The molecule has 7 heteroatoms. The van der Waals surface area contributed by atoms with Crippen molar-refractivity contribution in [3.8, 4) is 0 Å². The summed E-state index contributed by atoms with van der Waals surface area (Å²) >= 11 is 0. The lowest BCUT2D eigenvalue weighted by atomic mass is 9.96. The van der Waals surface area contributed by atoms with Gasteiger partial charge in [0, 0.05) is 45.0 Å². The molecule has 2 aliphatic rings. The molecule has 0 aromatic carbocycles. The second kappa shape index (κ2) is 7.78. The number of nitrogens with one attached hydrogen (secondary N) is 1. The van der Waals surface area contributed by atoms with Gasteiger partial charge in [0.15, 0.2) is 0 Å². The predicted molar refractivity (Wildman–Crippen MR) is 97.2 cm³/mol. The van der Waals surface area contributed by atoms with Gasteiger partial charge in [-0.25, -0.2) is 4.98 Å². The van der Waals surface area contributed by atoms with E-state index in [0.717, 1.165) is 73.7 Å². The fraction of sp³-hybridized carbons (Fsp3) is 0.765. The first-order valence-corrected chi connectivity index (χ1v) is 10.2. The quantitative estimate of drug-likeness (QED) is 0.847. The molecule has 1 aromatic rings. The first-order chi connectivity index (χ1) is 11.5. The Kier molecular flexibility index (Phi) is 5.71. The number of ether oxygens (including phenoxy) is 1. The maximum absolute atomic E-state index is 12.2. The number of aryl methyl sites for hydroxylation is 1. The average Bonchev–Trinajstić information content (AvgIpc) is 2.94. The molecule has 0 bridgehead atoms. The van der Waals surface area contributed by atoms with Crippen molar-refractivity contribution in [1.82, 2.24) is 9.97 Å². The summed E-state index contributed by atoms with van der Waals surface area (Å²) in [4.78, 5) is 12.3. The highest BCUT2D eigenvalue weighted by molar-refractivity contribution is 7.85. The van der Waals surface area contributed by atoms with E-state index in [1.54, 1.807) is 0 Å². The number of fused-ring (bicyclic) bond motifs is 1. The molecule has 134 valence electrons. The fourth-order valence-electron chi connectivity index (χ4n) is 3.24. The van der Waals surface area contributed by atoms with Gasteiger partial charge in [-0.2, -0.15) is 4.98 Å². The van der Waals surface area contributed by atoms with Gasteiger partial charge in [0.05, 0.1) is 16.5 Å². The van der Waals surface area contributed by atoms with E-state index in [0.29, 0.717) is 5.75 Å². The van der Waals surface area contributed by atoms with E-state index in [2.05, 4.69) is 29.0 Å². The molecule has 2 aliphatic heterocycles. The van der Waals surface area contributed by atoms with Gasteiger partial charge in [-0.3, -0.25) is 4.21 Å². The lowest BCUT2D eigenvalue weighted by Crippen LogP contribution is -2.26. The number of aromatic nitrogens is 2. The molecule has 1 N–H and O–H groups in total. The van der Waals surface area contributed by atoms with Crippen LogP contribution in [-0.4, -0.2) is 52.8 Å². The lowest BCUT2D eigenvalue weighted by Gasteiger charge is -2.25. The van der Waals surface area contributed by atoms with Crippen LogP contribution >= 0.6 is 0 Å². The van der Waals surface area contributed by atoms with Crippen LogP contribution in [0.4, 0.5) is 11.8 Å². The fourth-order valence-corrected chi connectivity index (χ4v) is 4.55. The van der Waals surface area contributed by atoms with Crippen molar-refractivity contribution in [2.45, 2.75) is 50.5 Å². The lowest BCUT2D eigenvalue weighted by molar-refractivity contribution is 0.0645. The maximum Gasteiger partial charge on any atom is 0.227 e. The van der Waals surface area contributed by atoms with E-state index in [4.69, 9.17) is 9.72 Å². The van der Waals surface area contributed by atoms with E-state index in [1.807, 2.05) is 7.05 Å². The van der Waals surface area contributed by atoms with Crippen LogP contribution in [0.15, 0.2) is 4.90 Å². The molecule has 1 saturated heterocycles. The minimum Gasteiger partial charge on any atom is -0.381 e. The molecule has 1 aromatic heterocycles. The molecule has 24 heavy (non-hydrogen) atoms. The molecule has 6 nitrogen and oxygen atoms in total. The minimum absolute atomic E-state index is 0.252. The van der Waals surface area contributed by atoms with Crippen LogP contribution in [0.25, 0.3) is 0 Å². The molecule has 3 heterocycles. The summed E-state index contributed by atoms with van der Waals surface area (Å²) < 4.78 is 17.7. The zero-order valence-electron chi connectivity index (χ0n) is 14.9. The average molecular weight is 353 g/mol. The second-order valence-electron chi connectivity index (χ2n) is 7.01. The third-order valence-electron chi connectivity index (χ3n) is 4.66. The van der Waals surface area contributed by atoms with E-state index >= 15 is 0 Å². The molecular weight excluding hydrogens is 324 g/mol. The van der Waals surface area contributed by atoms with Gasteiger partial charge in [-0.05, 0) is 39.0 Å². The van der Waals surface area contributed by atoms with Crippen LogP contribution < -0.4 is 10.2 Å². The Hall–Kier alpha value is -1.21. The van der Waals surface area contributed by atoms with Crippen LogP contribution in [0.2, 0.25) is 0 Å². The summed E-state index contributed by atoms with van der Waals surface area (Å²) in [6, 6.07) is 0.252. The third-order valence-corrected chi connectivity index (χ3v) is 6.12. The van der Waals surface area contributed by atoms with E-state index in [9.17, 15) is 4.21 Å². The van der Waals surface area contributed by atoms with Crippen molar-refractivity contribution in [2.24, 2.45) is 5.92 Å². The van der Waals surface area contributed by atoms with Gasteiger partial charge in [0.2, 0.25) is 5.95 Å². The van der Waals surface area contributed by atoms with Crippen molar-refractivity contribution in [3.05, 3.63) is 5.69 Å². The molecule has 3 rings (SSSR count). The van der Waals surface area contributed by atoms with Gasteiger partial charge < -0.3 is 15.0 Å². The Labute approximate surface area is 146 Å². The molecular formula is C17H28N4O2S. The SMILES string of the molecule is CC(C)Nc1nc(N(C)CCC2CCOCC2)nc2c1S(=O)CC2. The Balaban J connectivity index is 1.73. The Bertz CT molecular complexity index is 602. The van der Waals surface area contributed by atoms with Crippen molar-refractivity contribution in [3.63, 3.8) is 0 Å². The van der Waals surface area contributed by atoms with Gasteiger partial charge in [0.1, 0.15) is 10.7 Å². The second-order valence-corrected chi connectivity index (χ2v) is 8.52. The highest BCUT2D eigenvalue weighted by Gasteiger charge is 2.27. The maximum atomic E-state index is 12.2. The standard InChI is InChI=1S/C17H28N4O2S/c1-12(2)18-16-15-14(7-11-24(15)22)19-17(20-16)21(3)8-4-13-5-9-23-10-6-13/h12-13H,4-11H2,1-3H3,(H,18,19,20).